The lowest BCUT2D eigenvalue weighted by Crippen LogP contribution is -2.40. The molecule has 0 unspecified atom stereocenters. The number of nitrogens with one attached hydrogen (secondary N) is 2. The van der Waals surface area contributed by atoms with Crippen molar-refractivity contribution in [2.45, 2.75) is 23.5 Å². The van der Waals surface area contributed by atoms with Gasteiger partial charge in [-0.05, 0) is 59.0 Å². The predicted octanol–water partition coefficient (Wildman–Crippen LogP) is 2.68. The van der Waals surface area contributed by atoms with E-state index in [1.807, 2.05) is 6.07 Å². The zero-order valence-electron chi connectivity index (χ0n) is 10.7. The summed E-state index contributed by atoms with van der Waals surface area (Å²) >= 11 is 5.71. The third-order valence-corrected chi connectivity index (χ3v) is 7.68. The summed E-state index contributed by atoms with van der Waals surface area (Å²) in [6.07, 6.45) is 3.12. The molecule has 2 aromatic heterocycles. The molecule has 2 aromatic rings. The van der Waals surface area contributed by atoms with Gasteiger partial charge in [-0.15, -0.1) is 27.5 Å². The minimum Gasteiger partial charge on any atom is -0.273 e. The molecule has 1 aliphatic carbocycles. The summed E-state index contributed by atoms with van der Waals surface area (Å²) in [5.74, 6) is -0.423. The highest BCUT2D eigenvalue weighted by Crippen LogP contribution is 2.30. The van der Waals surface area contributed by atoms with Crippen molar-refractivity contribution < 1.29 is 13.2 Å². The first-order valence-corrected chi connectivity index (χ1v) is 10.1. The highest BCUT2D eigenvalue weighted by atomic mass is 79.9. The molecule has 0 aliphatic heterocycles. The number of carbonyl (C=O) groups excluding carboxylic acids is 1. The summed E-state index contributed by atoms with van der Waals surface area (Å²) in [6.45, 7) is 0. The predicted molar refractivity (Wildman–Crippen MR) is 86.2 cm³/mol. The van der Waals surface area contributed by atoms with Gasteiger partial charge in [0, 0.05) is 4.88 Å². The summed E-state index contributed by atoms with van der Waals surface area (Å²) in [7, 11) is -3.73. The maximum Gasteiger partial charge on any atom is 0.276 e. The van der Waals surface area contributed by atoms with Gasteiger partial charge >= 0.3 is 0 Å². The Labute approximate surface area is 138 Å². The molecule has 0 radical (unpaired) electrons. The standard InChI is InChI=1S/C12H11BrN2O3S3/c13-10-4-5-11(20-10)21(17,18)15-14-12(16)9-6-7-2-1-3-8(7)19-9/h4-6,15H,1-3H2,(H,14,16). The van der Waals surface area contributed by atoms with E-state index in [2.05, 4.69) is 26.2 Å². The van der Waals surface area contributed by atoms with Gasteiger partial charge in [0.25, 0.3) is 15.9 Å². The number of amides is 1. The van der Waals surface area contributed by atoms with Crippen molar-refractivity contribution in [2.75, 3.05) is 0 Å². The Hall–Kier alpha value is -0.740. The number of thiophene rings is 2. The van der Waals surface area contributed by atoms with Gasteiger partial charge in [0.2, 0.25) is 0 Å². The van der Waals surface area contributed by atoms with Crippen LogP contribution < -0.4 is 10.3 Å². The van der Waals surface area contributed by atoms with Crippen molar-refractivity contribution >= 4 is 54.5 Å². The Morgan fingerprint density at radius 1 is 1.24 bits per heavy atom. The molecule has 0 fully saturated rings. The Morgan fingerprint density at radius 2 is 2.05 bits per heavy atom. The second-order valence-electron chi connectivity index (χ2n) is 4.53. The van der Waals surface area contributed by atoms with Gasteiger partial charge in [0.05, 0.1) is 8.66 Å². The fourth-order valence-electron chi connectivity index (χ4n) is 2.11. The van der Waals surface area contributed by atoms with E-state index in [-0.39, 0.29) is 4.21 Å². The van der Waals surface area contributed by atoms with Crippen LogP contribution in [0, 0.1) is 0 Å². The number of carbonyl (C=O) groups is 1. The lowest BCUT2D eigenvalue weighted by Gasteiger charge is -2.05. The number of aryl methyl sites for hydroxylation is 2. The van der Waals surface area contributed by atoms with Gasteiger partial charge in [0.15, 0.2) is 0 Å². The molecule has 0 aromatic carbocycles. The summed E-state index contributed by atoms with van der Waals surface area (Å²) in [6, 6.07) is 4.96. The topological polar surface area (TPSA) is 75.3 Å². The van der Waals surface area contributed by atoms with E-state index in [1.165, 1.54) is 27.8 Å². The minimum atomic E-state index is -3.73. The van der Waals surface area contributed by atoms with E-state index in [0.717, 1.165) is 30.6 Å². The fourth-order valence-corrected chi connectivity index (χ4v) is 6.11. The summed E-state index contributed by atoms with van der Waals surface area (Å²) in [5.41, 5.74) is 3.46. The number of hydrogen-bond acceptors (Lipinski definition) is 5. The van der Waals surface area contributed by atoms with Gasteiger partial charge < -0.3 is 0 Å². The van der Waals surface area contributed by atoms with Crippen LogP contribution in [0.1, 0.15) is 26.5 Å². The number of halogens is 1. The number of rotatable bonds is 4. The van der Waals surface area contributed by atoms with Crippen molar-refractivity contribution in [1.82, 2.24) is 10.3 Å². The Morgan fingerprint density at radius 3 is 2.71 bits per heavy atom. The molecule has 21 heavy (non-hydrogen) atoms. The number of fused-ring (bicyclic) bond motifs is 1. The smallest absolute Gasteiger partial charge is 0.273 e. The molecule has 0 spiro atoms. The molecule has 112 valence electrons. The molecule has 0 atom stereocenters. The van der Waals surface area contributed by atoms with Crippen molar-refractivity contribution in [3.8, 4) is 0 Å². The highest BCUT2D eigenvalue weighted by molar-refractivity contribution is 9.11. The second kappa shape index (κ2) is 5.81. The SMILES string of the molecule is O=C(NNS(=O)(=O)c1ccc(Br)s1)c1cc2c(s1)CCC2. The van der Waals surface area contributed by atoms with E-state index >= 15 is 0 Å². The third-order valence-electron chi connectivity index (χ3n) is 3.08. The molecule has 5 nitrogen and oxygen atoms in total. The van der Waals surface area contributed by atoms with Crippen LogP contribution in [-0.2, 0) is 22.9 Å². The number of hydrogen-bond donors (Lipinski definition) is 2. The normalized spacial score (nSPS) is 14.1. The van der Waals surface area contributed by atoms with E-state index in [4.69, 9.17) is 0 Å². The van der Waals surface area contributed by atoms with Gasteiger partial charge in [-0.1, -0.05) is 0 Å². The molecule has 0 saturated heterocycles. The van der Waals surface area contributed by atoms with Gasteiger partial charge in [0.1, 0.15) is 4.21 Å². The Balaban J connectivity index is 1.68. The van der Waals surface area contributed by atoms with Gasteiger partial charge in [-0.3, -0.25) is 10.2 Å². The summed E-state index contributed by atoms with van der Waals surface area (Å²) in [4.78, 5) is 15.9. The lowest BCUT2D eigenvalue weighted by molar-refractivity contribution is 0.0949. The maximum atomic E-state index is 12.0. The first-order valence-electron chi connectivity index (χ1n) is 6.15. The number of hydrazine groups is 1. The Kier molecular flexibility index (Phi) is 4.19. The molecular weight excluding hydrogens is 396 g/mol. The van der Waals surface area contributed by atoms with Crippen LogP contribution in [0.3, 0.4) is 0 Å². The van der Waals surface area contributed by atoms with Crippen LogP contribution in [0.25, 0.3) is 0 Å². The molecule has 0 bridgehead atoms. The van der Waals surface area contributed by atoms with Crippen molar-refractivity contribution in [2.24, 2.45) is 0 Å². The van der Waals surface area contributed by atoms with Crippen LogP contribution >= 0.6 is 38.6 Å². The van der Waals surface area contributed by atoms with Crippen LogP contribution in [0.15, 0.2) is 26.2 Å². The monoisotopic (exact) mass is 406 g/mol. The van der Waals surface area contributed by atoms with E-state index in [9.17, 15) is 13.2 Å². The minimum absolute atomic E-state index is 0.142. The summed E-state index contributed by atoms with van der Waals surface area (Å²) < 4.78 is 24.8. The zero-order chi connectivity index (χ0) is 15.0. The Bertz CT molecular complexity index is 773. The van der Waals surface area contributed by atoms with Gasteiger partial charge in [-0.25, -0.2) is 8.42 Å². The average molecular weight is 407 g/mol. The van der Waals surface area contributed by atoms with Crippen LogP contribution in [-0.4, -0.2) is 14.3 Å². The van der Waals surface area contributed by atoms with Crippen LogP contribution in [0.5, 0.6) is 0 Å². The molecule has 9 heteroatoms. The van der Waals surface area contributed by atoms with E-state index in [1.54, 1.807) is 6.07 Å². The third kappa shape index (κ3) is 3.21. The molecule has 3 rings (SSSR count). The van der Waals surface area contributed by atoms with Crippen molar-refractivity contribution in [1.29, 1.82) is 0 Å². The first-order chi connectivity index (χ1) is 9.95. The fraction of sp³-hybridized carbons (Fsp3) is 0.250. The number of sulfonamides is 1. The molecule has 1 aliphatic rings. The van der Waals surface area contributed by atoms with E-state index in [0.29, 0.717) is 8.66 Å². The van der Waals surface area contributed by atoms with Gasteiger partial charge in [-0.2, -0.15) is 0 Å². The first kappa shape index (κ1) is 15.2. The largest absolute Gasteiger partial charge is 0.276 e. The molecule has 0 saturated carbocycles. The van der Waals surface area contributed by atoms with Crippen molar-refractivity contribution in [3.63, 3.8) is 0 Å². The van der Waals surface area contributed by atoms with Crippen molar-refractivity contribution in [3.05, 3.63) is 37.3 Å². The quantitative estimate of drug-likeness (QED) is 0.766. The maximum absolute atomic E-state index is 12.0. The average Bonchev–Trinajstić information content (AvgIpc) is 3.10. The zero-order valence-corrected chi connectivity index (χ0v) is 14.7. The summed E-state index contributed by atoms with van der Waals surface area (Å²) in [5, 5.41) is 0. The van der Waals surface area contributed by atoms with Crippen LogP contribution in [0.4, 0.5) is 0 Å². The molecular formula is C12H11BrN2O3S3. The highest BCUT2D eigenvalue weighted by Gasteiger charge is 2.21. The lowest BCUT2D eigenvalue weighted by atomic mass is 10.2. The van der Waals surface area contributed by atoms with E-state index < -0.39 is 15.9 Å². The molecule has 2 N–H and O–H groups in total. The molecule has 1 amide bonds. The second-order valence-corrected chi connectivity index (χ2v) is 10.0. The molecule has 2 heterocycles. The van der Waals surface area contributed by atoms with Crippen LogP contribution in [0.2, 0.25) is 0 Å².